The molecule has 1 aromatic heterocycles. The fourth-order valence-corrected chi connectivity index (χ4v) is 3.32. The first-order chi connectivity index (χ1) is 13.1. The average Bonchev–Trinajstić information content (AvgIpc) is 2.68. The summed E-state index contributed by atoms with van der Waals surface area (Å²) < 4.78 is 0. The third kappa shape index (κ3) is 4.36. The van der Waals surface area contributed by atoms with Gasteiger partial charge >= 0.3 is 0 Å². The Hall–Kier alpha value is -3.11. The van der Waals surface area contributed by atoms with E-state index in [2.05, 4.69) is 26.7 Å². The zero-order chi connectivity index (χ0) is 19.2. The molecule has 0 aliphatic carbocycles. The second kappa shape index (κ2) is 8.52. The first-order valence-electron chi connectivity index (χ1n) is 8.59. The number of fused-ring (bicyclic) bond motifs is 1. The number of nitriles is 1. The third-order valence-corrected chi connectivity index (χ3v) is 4.84. The summed E-state index contributed by atoms with van der Waals surface area (Å²) in [6.07, 6.45) is 0. The van der Waals surface area contributed by atoms with Gasteiger partial charge in [0.2, 0.25) is 5.91 Å². The number of hydrogen-bond donors (Lipinski definition) is 2. The summed E-state index contributed by atoms with van der Waals surface area (Å²) in [4.78, 5) is 21.7. The number of rotatable bonds is 6. The summed E-state index contributed by atoms with van der Waals surface area (Å²) in [5.41, 5.74) is 1.76. The summed E-state index contributed by atoms with van der Waals surface area (Å²) in [6.45, 7) is 4.54. The van der Waals surface area contributed by atoms with Crippen LogP contribution in [-0.2, 0) is 4.79 Å². The zero-order valence-corrected chi connectivity index (χ0v) is 15.9. The lowest BCUT2D eigenvalue weighted by atomic mass is 10.2. The number of anilines is 2. The molecule has 0 spiro atoms. The molecule has 0 fully saturated rings. The standard InChI is InChI=1S/C20H19N5OS/c1-3-22-18-15-9-5-7-11-17(15)24-20(25-18)27-13(2)19(26)23-16-10-6-4-8-14(16)12-21/h4-11,13H,3H2,1-2H3,(H,23,26)(H,22,24,25). The van der Waals surface area contributed by atoms with Gasteiger partial charge in [0, 0.05) is 11.9 Å². The number of nitrogens with one attached hydrogen (secondary N) is 2. The van der Waals surface area contributed by atoms with Crippen molar-refractivity contribution < 1.29 is 4.79 Å². The summed E-state index contributed by atoms with van der Waals surface area (Å²) >= 11 is 1.28. The van der Waals surface area contributed by atoms with Crippen LogP contribution < -0.4 is 10.6 Å². The predicted octanol–water partition coefficient (Wildman–Crippen LogP) is 4.05. The molecule has 27 heavy (non-hydrogen) atoms. The van der Waals surface area contributed by atoms with Crippen LogP contribution in [0.2, 0.25) is 0 Å². The Labute approximate surface area is 162 Å². The summed E-state index contributed by atoms with van der Waals surface area (Å²) in [5.74, 6) is 0.553. The monoisotopic (exact) mass is 377 g/mol. The maximum Gasteiger partial charge on any atom is 0.237 e. The fraction of sp³-hybridized carbons (Fsp3) is 0.200. The number of benzene rings is 2. The van der Waals surface area contributed by atoms with Gasteiger partial charge in [-0.1, -0.05) is 36.0 Å². The molecule has 1 atom stereocenters. The quantitative estimate of drug-likeness (QED) is 0.497. The molecule has 1 amide bonds. The number of thioether (sulfide) groups is 1. The van der Waals surface area contributed by atoms with Gasteiger partial charge in [0.1, 0.15) is 11.9 Å². The highest BCUT2D eigenvalue weighted by Crippen LogP contribution is 2.27. The Morgan fingerprint density at radius 3 is 2.70 bits per heavy atom. The number of hydrogen-bond acceptors (Lipinski definition) is 6. The van der Waals surface area contributed by atoms with Crippen LogP contribution in [0.5, 0.6) is 0 Å². The van der Waals surface area contributed by atoms with Crippen molar-refractivity contribution in [2.75, 3.05) is 17.2 Å². The van der Waals surface area contributed by atoms with E-state index in [1.807, 2.05) is 31.2 Å². The van der Waals surface area contributed by atoms with E-state index in [0.29, 0.717) is 16.4 Å². The lowest BCUT2D eigenvalue weighted by Gasteiger charge is -2.13. The van der Waals surface area contributed by atoms with Crippen LogP contribution in [0.3, 0.4) is 0 Å². The Bertz CT molecular complexity index is 1010. The van der Waals surface area contributed by atoms with E-state index in [0.717, 1.165) is 23.3 Å². The van der Waals surface area contributed by atoms with E-state index >= 15 is 0 Å². The maximum atomic E-state index is 12.5. The van der Waals surface area contributed by atoms with E-state index in [4.69, 9.17) is 5.26 Å². The van der Waals surface area contributed by atoms with Crippen molar-refractivity contribution in [3.63, 3.8) is 0 Å². The number of para-hydroxylation sites is 2. The average molecular weight is 377 g/mol. The molecule has 7 heteroatoms. The van der Waals surface area contributed by atoms with E-state index in [1.165, 1.54) is 11.8 Å². The molecule has 0 saturated carbocycles. The molecule has 1 heterocycles. The smallest absolute Gasteiger partial charge is 0.237 e. The molecule has 0 aliphatic heterocycles. The van der Waals surface area contributed by atoms with Gasteiger partial charge < -0.3 is 10.6 Å². The molecule has 6 nitrogen and oxygen atoms in total. The van der Waals surface area contributed by atoms with Gasteiger partial charge in [-0.2, -0.15) is 5.26 Å². The van der Waals surface area contributed by atoms with Crippen LogP contribution in [0.25, 0.3) is 10.9 Å². The van der Waals surface area contributed by atoms with E-state index < -0.39 is 5.25 Å². The minimum Gasteiger partial charge on any atom is -0.370 e. The van der Waals surface area contributed by atoms with Gasteiger partial charge in [-0.3, -0.25) is 4.79 Å². The highest BCUT2D eigenvalue weighted by molar-refractivity contribution is 8.00. The number of nitrogens with zero attached hydrogens (tertiary/aromatic N) is 3. The first-order valence-corrected chi connectivity index (χ1v) is 9.47. The van der Waals surface area contributed by atoms with Crippen molar-refractivity contribution in [3.8, 4) is 6.07 Å². The van der Waals surface area contributed by atoms with Crippen molar-refractivity contribution in [2.24, 2.45) is 0 Å². The summed E-state index contributed by atoms with van der Waals surface area (Å²) in [5, 5.41) is 16.3. The fourth-order valence-electron chi connectivity index (χ4n) is 2.55. The molecule has 136 valence electrons. The van der Waals surface area contributed by atoms with Gasteiger partial charge in [-0.05, 0) is 38.1 Å². The minimum absolute atomic E-state index is 0.204. The minimum atomic E-state index is -0.424. The summed E-state index contributed by atoms with van der Waals surface area (Å²) in [7, 11) is 0. The van der Waals surface area contributed by atoms with Gasteiger partial charge in [-0.25, -0.2) is 9.97 Å². The molecule has 3 aromatic rings. The molecule has 1 unspecified atom stereocenters. The summed E-state index contributed by atoms with van der Waals surface area (Å²) in [6, 6.07) is 16.8. The van der Waals surface area contributed by atoms with Gasteiger partial charge in [0.15, 0.2) is 5.16 Å². The van der Waals surface area contributed by atoms with E-state index in [-0.39, 0.29) is 5.91 Å². The van der Waals surface area contributed by atoms with Crippen LogP contribution in [0.4, 0.5) is 11.5 Å². The van der Waals surface area contributed by atoms with Crippen LogP contribution in [0.15, 0.2) is 53.7 Å². The molecular formula is C20H19N5OS. The molecular weight excluding hydrogens is 358 g/mol. The van der Waals surface area contributed by atoms with Crippen molar-refractivity contribution in [2.45, 2.75) is 24.3 Å². The van der Waals surface area contributed by atoms with Crippen LogP contribution in [-0.4, -0.2) is 27.7 Å². The number of carbonyl (C=O) groups excluding carboxylic acids is 1. The van der Waals surface area contributed by atoms with Gasteiger partial charge in [-0.15, -0.1) is 0 Å². The highest BCUT2D eigenvalue weighted by atomic mass is 32.2. The van der Waals surface area contributed by atoms with E-state index in [1.54, 1.807) is 31.2 Å². The maximum absolute atomic E-state index is 12.5. The molecule has 0 radical (unpaired) electrons. The second-order valence-electron chi connectivity index (χ2n) is 5.81. The number of amides is 1. The number of carbonyl (C=O) groups is 1. The van der Waals surface area contributed by atoms with E-state index in [9.17, 15) is 4.79 Å². The zero-order valence-electron chi connectivity index (χ0n) is 15.1. The second-order valence-corrected chi connectivity index (χ2v) is 7.12. The Balaban J connectivity index is 1.80. The van der Waals surface area contributed by atoms with Crippen LogP contribution in [0.1, 0.15) is 19.4 Å². The van der Waals surface area contributed by atoms with Crippen LogP contribution in [0, 0.1) is 11.3 Å². The molecule has 2 N–H and O–H groups in total. The Morgan fingerprint density at radius 1 is 1.19 bits per heavy atom. The largest absolute Gasteiger partial charge is 0.370 e. The van der Waals surface area contributed by atoms with Crippen molar-refractivity contribution in [3.05, 3.63) is 54.1 Å². The highest BCUT2D eigenvalue weighted by Gasteiger charge is 2.18. The third-order valence-electron chi connectivity index (χ3n) is 3.88. The Morgan fingerprint density at radius 2 is 1.93 bits per heavy atom. The SMILES string of the molecule is CCNc1nc(SC(C)C(=O)Nc2ccccc2C#N)nc2ccccc12. The lowest BCUT2D eigenvalue weighted by Crippen LogP contribution is -2.23. The van der Waals surface area contributed by atoms with Crippen molar-refractivity contribution in [1.29, 1.82) is 5.26 Å². The lowest BCUT2D eigenvalue weighted by molar-refractivity contribution is -0.115. The Kier molecular flexibility index (Phi) is 5.89. The molecule has 0 saturated heterocycles. The van der Waals surface area contributed by atoms with Crippen molar-refractivity contribution in [1.82, 2.24) is 9.97 Å². The van der Waals surface area contributed by atoms with Crippen molar-refractivity contribution >= 4 is 40.1 Å². The molecule has 0 aliphatic rings. The van der Waals surface area contributed by atoms with Gasteiger partial charge in [0.25, 0.3) is 0 Å². The molecule has 3 rings (SSSR count). The number of aromatic nitrogens is 2. The van der Waals surface area contributed by atoms with Gasteiger partial charge in [0.05, 0.1) is 22.0 Å². The molecule has 2 aromatic carbocycles. The topological polar surface area (TPSA) is 90.7 Å². The first kappa shape index (κ1) is 18.7. The normalized spacial score (nSPS) is 11.6. The predicted molar refractivity (Wildman–Crippen MR) is 109 cm³/mol. The van der Waals surface area contributed by atoms with Crippen LogP contribution >= 0.6 is 11.8 Å². The molecule has 0 bridgehead atoms.